The van der Waals surface area contributed by atoms with Crippen molar-refractivity contribution in [2.24, 2.45) is 5.92 Å². The highest BCUT2D eigenvalue weighted by Crippen LogP contribution is 2.33. The van der Waals surface area contributed by atoms with Gasteiger partial charge >= 0.3 is 0 Å². The predicted molar refractivity (Wildman–Crippen MR) is 167 cm³/mol. The summed E-state index contributed by atoms with van der Waals surface area (Å²) in [6.45, 7) is 12.5. The summed E-state index contributed by atoms with van der Waals surface area (Å²) >= 11 is 0. The molecule has 0 saturated heterocycles. The molecule has 0 aliphatic heterocycles. The third-order valence-electron chi connectivity index (χ3n) is 8.42. The highest BCUT2D eigenvalue weighted by molar-refractivity contribution is 4.76. The first-order chi connectivity index (χ1) is 18.1. The molecule has 0 fully saturated rings. The van der Waals surface area contributed by atoms with Crippen molar-refractivity contribution in [3.05, 3.63) is 0 Å². The van der Waals surface area contributed by atoms with Crippen molar-refractivity contribution in [1.82, 2.24) is 0 Å². The molecule has 1 atom stereocenters. The summed E-state index contributed by atoms with van der Waals surface area (Å²) in [4.78, 5) is 0. The fraction of sp³-hybridized carbons (Fsp3) is 1.00. The molecule has 37 heavy (non-hydrogen) atoms. The van der Waals surface area contributed by atoms with Crippen LogP contribution in [0.2, 0.25) is 0 Å². The molecular formula is C35H72O2. The van der Waals surface area contributed by atoms with Gasteiger partial charge in [-0.3, -0.25) is 0 Å². The Kier molecular flexibility index (Phi) is 28.9. The second-order valence-electron chi connectivity index (χ2n) is 11.9. The Morgan fingerprint density at radius 3 is 0.865 bits per heavy atom. The van der Waals surface area contributed by atoms with Gasteiger partial charge in [-0.25, -0.2) is 0 Å². The van der Waals surface area contributed by atoms with E-state index in [9.17, 15) is 0 Å². The molecule has 0 rings (SSSR count). The van der Waals surface area contributed by atoms with Crippen LogP contribution in [0.3, 0.4) is 0 Å². The minimum atomic E-state index is -0.401. The molecular weight excluding hydrogens is 452 g/mol. The summed E-state index contributed by atoms with van der Waals surface area (Å²) < 4.78 is 12.4. The summed E-state index contributed by atoms with van der Waals surface area (Å²) in [5, 5.41) is 0. The maximum Gasteiger partial charge on any atom is 0.168 e. The lowest BCUT2D eigenvalue weighted by Crippen LogP contribution is -2.41. The molecule has 0 aromatic heterocycles. The fourth-order valence-corrected chi connectivity index (χ4v) is 5.98. The van der Waals surface area contributed by atoms with Crippen LogP contribution in [0, 0.1) is 5.92 Å². The molecule has 1 unspecified atom stereocenters. The monoisotopic (exact) mass is 525 g/mol. The standard InChI is InChI=1S/C35H72O2/c1-6-10-12-14-16-17-18-19-20-21-22-23-24-25-26-27-29-31-33-34(32-30-28-15-13-11-7-2)35(5,36-8-3)37-9-4/h34H,6-33H2,1-5H3. The van der Waals surface area contributed by atoms with Crippen molar-refractivity contribution in [1.29, 1.82) is 0 Å². The van der Waals surface area contributed by atoms with Crippen LogP contribution >= 0.6 is 0 Å². The summed E-state index contributed by atoms with van der Waals surface area (Å²) in [6, 6.07) is 0. The van der Waals surface area contributed by atoms with Gasteiger partial charge in [-0.15, -0.1) is 0 Å². The van der Waals surface area contributed by atoms with Gasteiger partial charge in [0.05, 0.1) is 0 Å². The second kappa shape index (κ2) is 28.9. The predicted octanol–water partition coefficient (Wildman–Crippen LogP) is 12.6. The van der Waals surface area contributed by atoms with Crippen molar-refractivity contribution >= 4 is 0 Å². The highest BCUT2D eigenvalue weighted by atomic mass is 16.7. The summed E-state index contributed by atoms with van der Waals surface area (Å²) in [7, 11) is 0. The Hall–Kier alpha value is -0.0800. The molecule has 0 aliphatic carbocycles. The maximum atomic E-state index is 6.19. The Labute approximate surface area is 235 Å². The largest absolute Gasteiger partial charge is 0.350 e. The average Bonchev–Trinajstić information content (AvgIpc) is 2.89. The minimum absolute atomic E-state index is 0.401. The topological polar surface area (TPSA) is 18.5 Å². The van der Waals surface area contributed by atoms with Crippen LogP contribution in [0.15, 0.2) is 0 Å². The SMILES string of the molecule is CCCCCCCCCCCCCCCCCCCCC(CCCCCCCC)C(C)(OCC)OCC. The fourth-order valence-electron chi connectivity index (χ4n) is 5.98. The Bertz CT molecular complexity index is 415. The number of ether oxygens (including phenoxy) is 2. The lowest BCUT2D eigenvalue weighted by Gasteiger charge is -2.37. The number of hydrogen-bond acceptors (Lipinski definition) is 2. The van der Waals surface area contributed by atoms with Gasteiger partial charge in [-0.2, -0.15) is 0 Å². The lowest BCUT2D eigenvalue weighted by molar-refractivity contribution is -0.254. The third kappa shape index (κ3) is 23.5. The highest BCUT2D eigenvalue weighted by Gasteiger charge is 2.34. The van der Waals surface area contributed by atoms with Crippen LogP contribution in [0.1, 0.15) is 202 Å². The van der Waals surface area contributed by atoms with Gasteiger partial charge in [-0.05, 0) is 33.6 Å². The Morgan fingerprint density at radius 2 is 0.622 bits per heavy atom. The molecule has 0 heterocycles. The van der Waals surface area contributed by atoms with Gasteiger partial charge in [0.1, 0.15) is 0 Å². The van der Waals surface area contributed by atoms with E-state index in [1.807, 2.05) is 0 Å². The molecule has 2 heteroatoms. The van der Waals surface area contributed by atoms with Crippen molar-refractivity contribution in [2.45, 2.75) is 207 Å². The van der Waals surface area contributed by atoms with Crippen molar-refractivity contribution in [3.63, 3.8) is 0 Å². The van der Waals surface area contributed by atoms with Crippen LogP contribution in [0.5, 0.6) is 0 Å². The van der Waals surface area contributed by atoms with Crippen LogP contribution in [-0.2, 0) is 9.47 Å². The maximum absolute atomic E-state index is 6.19. The Morgan fingerprint density at radius 1 is 0.378 bits per heavy atom. The second-order valence-corrected chi connectivity index (χ2v) is 11.9. The number of unbranched alkanes of at least 4 members (excludes halogenated alkanes) is 22. The average molecular weight is 525 g/mol. The van der Waals surface area contributed by atoms with E-state index in [1.54, 1.807) is 0 Å². The van der Waals surface area contributed by atoms with Crippen LogP contribution in [0.25, 0.3) is 0 Å². The van der Waals surface area contributed by atoms with E-state index in [0.29, 0.717) is 5.92 Å². The number of rotatable bonds is 31. The molecule has 0 spiro atoms. The molecule has 2 nitrogen and oxygen atoms in total. The van der Waals surface area contributed by atoms with E-state index in [4.69, 9.17) is 9.47 Å². The molecule has 0 N–H and O–H groups in total. The Balaban J connectivity index is 3.83. The van der Waals surface area contributed by atoms with Crippen LogP contribution < -0.4 is 0 Å². The van der Waals surface area contributed by atoms with Crippen LogP contribution in [-0.4, -0.2) is 19.0 Å². The molecule has 0 amide bonds. The molecule has 0 aliphatic rings. The summed E-state index contributed by atoms with van der Waals surface area (Å²) in [6.07, 6.45) is 36.6. The summed E-state index contributed by atoms with van der Waals surface area (Å²) in [5.74, 6) is 0.126. The smallest absolute Gasteiger partial charge is 0.168 e. The normalized spacial score (nSPS) is 12.9. The molecule has 0 aromatic carbocycles. The first-order valence-electron chi connectivity index (χ1n) is 17.4. The van der Waals surface area contributed by atoms with Gasteiger partial charge in [0.15, 0.2) is 5.79 Å². The number of hydrogen-bond donors (Lipinski definition) is 0. The van der Waals surface area contributed by atoms with E-state index in [2.05, 4.69) is 34.6 Å². The quantitative estimate of drug-likeness (QED) is 0.0663. The molecule has 224 valence electrons. The first kappa shape index (κ1) is 36.9. The first-order valence-corrected chi connectivity index (χ1v) is 17.4. The molecule has 0 radical (unpaired) electrons. The van der Waals surface area contributed by atoms with Gasteiger partial charge in [0.2, 0.25) is 0 Å². The van der Waals surface area contributed by atoms with E-state index in [0.717, 1.165) is 13.2 Å². The third-order valence-corrected chi connectivity index (χ3v) is 8.42. The van der Waals surface area contributed by atoms with E-state index in [1.165, 1.54) is 167 Å². The van der Waals surface area contributed by atoms with Gasteiger partial charge in [-0.1, -0.05) is 168 Å². The van der Waals surface area contributed by atoms with E-state index < -0.39 is 5.79 Å². The van der Waals surface area contributed by atoms with Crippen molar-refractivity contribution in [2.75, 3.05) is 13.2 Å². The van der Waals surface area contributed by atoms with E-state index in [-0.39, 0.29) is 0 Å². The van der Waals surface area contributed by atoms with Gasteiger partial charge < -0.3 is 9.47 Å². The molecule has 0 aromatic rings. The zero-order valence-corrected chi connectivity index (χ0v) is 26.7. The molecule has 0 saturated carbocycles. The van der Waals surface area contributed by atoms with Gasteiger partial charge in [0, 0.05) is 19.1 Å². The summed E-state index contributed by atoms with van der Waals surface area (Å²) in [5.41, 5.74) is 0. The van der Waals surface area contributed by atoms with E-state index >= 15 is 0 Å². The zero-order chi connectivity index (χ0) is 27.3. The zero-order valence-electron chi connectivity index (χ0n) is 26.7. The minimum Gasteiger partial charge on any atom is -0.350 e. The van der Waals surface area contributed by atoms with Gasteiger partial charge in [0.25, 0.3) is 0 Å². The van der Waals surface area contributed by atoms with Crippen molar-refractivity contribution in [3.8, 4) is 0 Å². The van der Waals surface area contributed by atoms with Crippen molar-refractivity contribution < 1.29 is 9.47 Å². The van der Waals surface area contributed by atoms with Crippen LogP contribution in [0.4, 0.5) is 0 Å². The lowest BCUT2D eigenvalue weighted by atomic mass is 9.87. The molecule has 0 bridgehead atoms.